The lowest BCUT2D eigenvalue weighted by Gasteiger charge is -2.43. The van der Waals surface area contributed by atoms with E-state index in [1.807, 2.05) is 53.4 Å². The van der Waals surface area contributed by atoms with Crippen molar-refractivity contribution >= 4 is 6.09 Å². The van der Waals surface area contributed by atoms with Crippen LogP contribution in [0, 0.1) is 11.3 Å². The first-order valence-electron chi connectivity index (χ1n) is 12.4. The van der Waals surface area contributed by atoms with Crippen LogP contribution >= 0.6 is 0 Å². The number of piperidine rings is 1. The number of rotatable bonds is 4. The molecule has 2 fully saturated rings. The summed E-state index contributed by atoms with van der Waals surface area (Å²) in [6, 6.07) is 26.5. The molecule has 3 aliphatic rings. The molecule has 1 amide bonds. The topological polar surface area (TPSA) is 73.6 Å². The van der Waals surface area contributed by atoms with Crippen LogP contribution in [-0.2, 0) is 16.8 Å². The number of carbonyl (C=O) groups excluding carboxylic acids is 1. The summed E-state index contributed by atoms with van der Waals surface area (Å²) in [5.41, 5.74) is 5.69. The highest BCUT2D eigenvalue weighted by molar-refractivity contribution is 5.79. The van der Waals surface area contributed by atoms with Gasteiger partial charge >= 0.3 is 6.09 Å². The molecule has 0 aromatic heterocycles. The number of amides is 1. The Balaban J connectivity index is 1.16. The lowest BCUT2D eigenvalue weighted by molar-refractivity contribution is -0.0531. The molecule has 6 rings (SSSR count). The van der Waals surface area contributed by atoms with Gasteiger partial charge in [0.25, 0.3) is 0 Å². The molecule has 176 valence electrons. The van der Waals surface area contributed by atoms with Crippen LogP contribution in [0.25, 0.3) is 11.1 Å². The van der Waals surface area contributed by atoms with Crippen LogP contribution in [0.2, 0.25) is 0 Å². The predicted octanol–water partition coefficient (Wildman–Crippen LogP) is 5.52. The van der Waals surface area contributed by atoms with Crippen molar-refractivity contribution in [2.45, 2.75) is 55.7 Å². The zero-order valence-corrected chi connectivity index (χ0v) is 19.6. The molecule has 2 bridgehead atoms. The summed E-state index contributed by atoms with van der Waals surface area (Å²) in [4.78, 5) is 15.2. The number of hydrogen-bond acceptors (Lipinski definition) is 4. The first-order valence-corrected chi connectivity index (χ1v) is 12.4. The second-order valence-electron chi connectivity index (χ2n) is 10.1. The highest BCUT2D eigenvalue weighted by atomic mass is 16.6. The van der Waals surface area contributed by atoms with Gasteiger partial charge in [-0.15, -0.1) is 0 Å². The first-order chi connectivity index (χ1) is 17.1. The van der Waals surface area contributed by atoms with E-state index in [2.05, 4.69) is 30.3 Å². The Bertz CT molecular complexity index is 1250. The largest absolute Gasteiger partial charge is 0.448 e. The molecule has 35 heavy (non-hydrogen) atoms. The third kappa shape index (κ3) is 3.69. The van der Waals surface area contributed by atoms with E-state index in [1.165, 1.54) is 22.3 Å². The van der Waals surface area contributed by atoms with Crippen molar-refractivity contribution in [3.63, 3.8) is 0 Å². The van der Waals surface area contributed by atoms with E-state index in [-0.39, 0.29) is 24.1 Å². The minimum absolute atomic E-state index is 0.0341. The van der Waals surface area contributed by atoms with Gasteiger partial charge in [0.05, 0.1) is 18.1 Å². The third-order valence-corrected chi connectivity index (χ3v) is 8.09. The summed E-state index contributed by atoms with van der Waals surface area (Å²) >= 11 is 0. The standard InChI is InChI=1S/C30H28N2O3/c31-16-15-20-9-11-21(12-10-20)30(34)17-22-13-14-23(18-30)32(22)29(33)35-19-28-26-7-3-1-5-24(26)25-6-2-4-8-27(25)28/h1-12,22-23,28,34H,13-15,17-19H2. The Kier molecular flexibility index (Phi) is 5.35. The van der Waals surface area contributed by atoms with E-state index < -0.39 is 5.60 Å². The van der Waals surface area contributed by atoms with Crippen molar-refractivity contribution in [3.8, 4) is 17.2 Å². The Labute approximate surface area is 205 Å². The van der Waals surface area contributed by atoms with Crippen LogP contribution in [0.15, 0.2) is 72.8 Å². The van der Waals surface area contributed by atoms with Gasteiger partial charge in [0.2, 0.25) is 0 Å². The van der Waals surface area contributed by atoms with Crippen molar-refractivity contribution < 1.29 is 14.6 Å². The summed E-state index contributed by atoms with van der Waals surface area (Å²) in [6.07, 6.45) is 2.86. The molecule has 0 saturated carbocycles. The number of hydrogen-bond donors (Lipinski definition) is 1. The average Bonchev–Trinajstić information content (AvgIpc) is 3.35. The van der Waals surface area contributed by atoms with Gasteiger partial charge in [-0.3, -0.25) is 0 Å². The summed E-state index contributed by atoms with van der Waals surface area (Å²) in [5, 5.41) is 20.4. The molecule has 2 unspecified atom stereocenters. The second kappa shape index (κ2) is 8.55. The van der Waals surface area contributed by atoms with E-state index in [0.717, 1.165) is 24.0 Å². The fourth-order valence-corrected chi connectivity index (χ4v) is 6.45. The number of benzene rings is 3. The van der Waals surface area contributed by atoms with Crippen LogP contribution in [0.3, 0.4) is 0 Å². The summed E-state index contributed by atoms with van der Waals surface area (Å²) < 4.78 is 5.95. The lowest BCUT2D eigenvalue weighted by atomic mass is 9.80. The molecule has 2 aliphatic heterocycles. The quantitative estimate of drug-likeness (QED) is 0.552. The van der Waals surface area contributed by atoms with Crippen molar-refractivity contribution in [2.24, 2.45) is 0 Å². The van der Waals surface area contributed by atoms with Crippen LogP contribution in [0.4, 0.5) is 4.79 Å². The van der Waals surface area contributed by atoms with Gasteiger partial charge in [0, 0.05) is 30.8 Å². The summed E-state index contributed by atoms with van der Waals surface area (Å²) in [6.45, 7) is 0.313. The van der Waals surface area contributed by atoms with Gasteiger partial charge in [0.15, 0.2) is 0 Å². The SMILES string of the molecule is N#CCc1ccc(C2(O)CC3CCC(C2)N3C(=O)OCC2c3ccccc3-c3ccccc32)cc1. The first kappa shape index (κ1) is 21.9. The molecule has 3 aromatic carbocycles. The van der Waals surface area contributed by atoms with Crippen molar-refractivity contribution in [3.05, 3.63) is 95.1 Å². The van der Waals surface area contributed by atoms with Crippen LogP contribution in [0.5, 0.6) is 0 Å². The molecule has 0 radical (unpaired) electrons. The Morgan fingerprint density at radius 3 is 2.09 bits per heavy atom. The van der Waals surface area contributed by atoms with E-state index in [1.54, 1.807) is 0 Å². The van der Waals surface area contributed by atoms with E-state index in [0.29, 0.717) is 25.9 Å². The highest BCUT2D eigenvalue weighted by Crippen LogP contribution is 2.47. The minimum Gasteiger partial charge on any atom is -0.448 e. The van der Waals surface area contributed by atoms with Gasteiger partial charge in [-0.1, -0.05) is 72.8 Å². The molecule has 2 atom stereocenters. The number of nitriles is 1. The number of ether oxygens (including phenoxy) is 1. The zero-order valence-electron chi connectivity index (χ0n) is 19.6. The van der Waals surface area contributed by atoms with E-state index in [4.69, 9.17) is 10.00 Å². The Hall–Kier alpha value is -3.62. The maximum Gasteiger partial charge on any atom is 0.410 e. The molecule has 3 aromatic rings. The van der Waals surface area contributed by atoms with Gasteiger partial charge in [-0.2, -0.15) is 5.26 Å². The number of carbonyl (C=O) groups is 1. The number of aliphatic hydroxyl groups is 1. The van der Waals surface area contributed by atoms with Crippen molar-refractivity contribution in [1.29, 1.82) is 5.26 Å². The van der Waals surface area contributed by atoms with Gasteiger partial charge in [0.1, 0.15) is 6.61 Å². The third-order valence-electron chi connectivity index (χ3n) is 8.09. The van der Waals surface area contributed by atoms with Gasteiger partial charge in [-0.05, 0) is 46.2 Å². The second-order valence-corrected chi connectivity index (χ2v) is 10.1. The number of fused-ring (bicyclic) bond motifs is 5. The lowest BCUT2D eigenvalue weighted by Crippen LogP contribution is -2.52. The van der Waals surface area contributed by atoms with Crippen molar-refractivity contribution in [2.75, 3.05) is 6.61 Å². The monoisotopic (exact) mass is 464 g/mol. The molecular formula is C30H28N2O3. The molecule has 0 spiro atoms. The summed E-state index contributed by atoms with van der Waals surface area (Å²) in [7, 11) is 0. The van der Waals surface area contributed by atoms with E-state index in [9.17, 15) is 9.90 Å². The van der Waals surface area contributed by atoms with Crippen LogP contribution < -0.4 is 0 Å². The van der Waals surface area contributed by atoms with Gasteiger partial charge < -0.3 is 14.7 Å². The predicted molar refractivity (Wildman–Crippen MR) is 133 cm³/mol. The molecule has 1 aliphatic carbocycles. The Morgan fingerprint density at radius 1 is 0.943 bits per heavy atom. The van der Waals surface area contributed by atoms with Crippen LogP contribution in [0.1, 0.15) is 53.9 Å². The normalized spacial score (nSPS) is 24.5. The molecule has 1 N–H and O–H groups in total. The fourth-order valence-electron chi connectivity index (χ4n) is 6.45. The minimum atomic E-state index is -0.961. The molecule has 2 heterocycles. The van der Waals surface area contributed by atoms with Crippen LogP contribution in [-0.4, -0.2) is 34.8 Å². The molecule has 5 nitrogen and oxygen atoms in total. The molecular weight excluding hydrogens is 436 g/mol. The maximum absolute atomic E-state index is 13.3. The fraction of sp³-hybridized carbons (Fsp3) is 0.333. The van der Waals surface area contributed by atoms with Gasteiger partial charge in [-0.25, -0.2) is 4.79 Å². The number of nitrogens with zero attached hydrogens (tertiary/aromatic N) is 2. The zero-order chi connectivity index (χ0) is 24.0. The van der Waals surface area contributed by atoms with E-state index >= 15 is 0 Å². The molecule has 2 saturated heterocycles. The smallest absolute Gasteiger partial charge is 0.410 e. The summed E-state index contributed by atoms with van der Waals surface area (Å²) in [5.74, 6) is 0.0395. The molecule has 5 heteroatoms. The average molecular weight is 465 g/mol. The van der Waals surface area contributed by atoms with Crippen molar-refractivity contribution in [1.82, 2.24) is 4.90 Å². The highest BCUT2D eigenvalue weighted by Gasteiger charge is 2.50. The Morgan fingerprint density at radius 2 is 1.51 bits per heavy atom. The maximum atomic E-state index is 13.3.